The number of aliphatic hydroxyl groups excluding tert-OH is 1. The summed E-state index contributed by atoms with van der Waals surface area (Å²) in [5, 5.41) is 18.2. The molecule has 0 saturated heterocycles. The predicted molar refractivity (Wildman–Crippen MR) is 54.9 cm³/mol. The van der Waals surface area contributed by atoms with Gasteiger partial charge in [0.25, 0.3) is 0 Å². The molecular formula is C11H14O4. The minimum absolute atomic E-state index is 0.320. The van der Waals surface area contributed by atoms with Gasteiger partial charge in [0.15, 0.2) is 0 Å². The van der Waals surface area contributed by atoms with E-state index in [9.17, 15) is 9.90 Å². The summed E-state index contributed by atoms with van der Waals surface area (Å²) in [5.41, 5.74) is 1.50. The van der Waals surface area contributed by atoms with Gasteiger partial charge in [-0.25, -0.2) is 0 Å². The van der Waals surface area contributed by atoms with Crippen molar-refractivity contribution >= 4 is 5.97 Å². The molecule has 1 aromatic carbocycles. The van der Waals surface area contributed by atoms with E-state index in [-0.39, 0.29) is 6.42 Å². The van der Waals surface area contributed by atoms with Gasteiger partial charge in [-0.05, 0) is 18.6 Å². The number of aliphatic carboxylic acids is 1. The summed E-state index contributed by atoms with van der Waals surface area (Å²) in [7, 11) is 1.49. The van der Waals surface area contributed by atoms with Crippen LogP contribution in [0.1, 0.15) is 23.7 Å². The van der Waals surface area contributed by atoms with Crippen LogP contribution in [0, 0.1) is 6.92 Å². The fourth-order valence-corrected chi connectivity index (χ4v) is 1.37. The SMILES string of the molecule is COc1cc(C)ccc1[C@@H](O)CC(=O)O. The standard InChI is InChI=1S/C11H14O4/c1-7-3-4-8(10(5-7)15-2)9(12)6-11(13)14/h3-5,9,12H,6H2,1-2H3,(H,13,14)/t9-/m0/s1. The molecule has 0 unspecified atom stereocenters. The van der Waals surface area contributed by atoms with Gasteiger partial charge in [0.05, 0.1) is 19.6 Å². The van der Waals surface area contributed by atoms with Gasteiger partial charge < -0.3 is 14.9 Å². The molecule has 0 amide bonds. The van der Waals surface area contributed by atoms with Gasteiger partial charge in [-0.1, -0.05) is 12.1 Å². The van der Waals surface area contributed by atoms with Crippen LogP contribution in [0.5, 0.6) is 5.75 Å². The zero-order valence-electron chi connectivity index (χ0n) is 8.73. The molecule has 0 aliphatic carbocycles. The predicted octanol–water partition coefficient (Wildman–Crippen LogP) is 1.51. The van der Waals surface area contributed by atoms with Gasteiger partial charge in [-0.3, -0.25) is 4.79 Å². The number of carboxylic acid groups (broad SMARTS) is 1. The highest BCUT2D eigenvalue weighted by Crippen LogP contribution is 2.27. The minimum Gasteiger partial charge on any atom is -0.496 e. The second-order valence-electron chi connectivity index (χ2n) is 3.36. The van der Waals surface area contributed by atoms with Crippen LogP contribution in [0.15, 0.2) is 18.2 Å². The molecule has 15 heavy (non-hydrogen) atoms. The van der Waals surface area contributed by atoms with Gasteiger partial charge >= 0.3 is 5.97 Å². The first-order valence-corrected chi connectivity index (χ1v) is 4.59. The lowest BCUT2D eigenvalue weighted by Gasteiger charge is -2.13. The van der Waals surface area contributed by atoms with Crippen molar-refractivity contribution in [3.63, 3.8) is 0 Å². The number of aliphatic hydroxyl groups is 1. The largest absolute Gasteiger partial charge is 0.496 e. The van der Waals surface area contributed by atoms with Crippen molar-refractivity contribution in [3.8, 4) is 5.75 Å². The van der Waals surface area contributed by atoms with Crippen molar-refractivity contribution in [2.45, 2.75) is 19.4 Å². The first kappa shape index (κ1) is 11.5. The average molecular weight is 210 g/mol. The highest BCUT2D eigenvalue weighted by molar-refractivity contribution is 5.68. The molecule has 0 aliphatic rings. The molecule has 0 saturated carbocycles. The number of benzene rings is 1. The molecule has 1 atom stereocenters. The third kappa shape index (κ3) is 2.95. The molecule has 0 radical (unpaired) electrons. The van der Waals surface area contributed by atoms with Crippen LogP contribution in [-0.4, -0.2) is 23.3 Å². The van der Waals surface area contributed by atoms with Crippen molar-refractivity contribution in [2.24, 2.45) is 0 Å². The van der Waals surface area contributed by atoms with Crippen LogP contribution < -0.4 is 4.74 Å². The second kappa shape index (κ2) is 4.79. The summed E-state index contributed by atoms with van der Waals surface area (Å²) < 4.78 is 5.08. The molecule has 0 fully saturated rings. The Morgan fingerprint density at radius 3 is 2.73 bits per heavy atom. The maximum Gasteiger partial charge on any atom is 0.306 e. The Hall–Kier alpha value is -1.55. The van der Waals surface area contributed by atoms with E-state index in [0.717, 1.165) is 5.56 Å². The van der Waals surface area contributed by atoms with Gasteiger partial charge in [0, 0.05) is 5.56 Å². The number of hydrogen-bond donors (Lipinski definition) is 2. The molecule has 0 heterocycles. The summed E-state index contributed by atoms with van der Waals surface area (Å²) in [6, 6.07) is 5.26. The van der Waals surface area contributed by atoms with E-state index in [2.05, 4.69) is 0 Å². The van der Waals surface area contributed by atoms with Crippen molar-refractivity contribution in [2.75, 3.05) is 7.11 Å². The Morgan fingerprint density at radius 1 is 1.53 bits per heavy atom. The van der Waals surface area contributed by atoms with E-state index in [0.29, 0.717) is 11.3 Å². The number of rotatable bonds is 4. The van der Waals surface area contributed by atoms with Crippen LogP contribution in [0.3, 0.4) is 0 Å². The summed E-state index contributed by atoms with van der Waals surface area (Å²) in [4.78, 5) is 10.4. The van der Waals surface area contributed by atoms with E-state index < -0.39 is 12.1 Å². The van der Waals surface area contributed by atoms with E-state index in [4.69, 9.17) is 9.84 Å². The average Bonchev–Trinajstić information content (AvgIpc) is 2.16. The minimum atomic E-state index is -1.04. The molecule has 2 N–H and O–H groups in total. The highest BCUT2D eigenvalue weighted by atomic mass is 16.5. The van der Waals surface area contributed by atoms with E-state index >= 15 is 0 Å². The summed E-state index contributed by atoms with van der Waals surface area (Å²) in [6.45, 7) is 1.90. The molecule has 0 bridgehead atoms. The number of carboxylic acids is 1. The molecular weight excluding hydrogens is 196 g/mol. The van der Waals surface area contributed by atoms with Crippen LogP contribution in [0.4, 0.5) is 0 Å². The maximum atomic E-state index is 10.4. The first-order chi connectivity index (χ1) is 7.04. The van der Waals surface area contributed by atoms with Crippen LogP contribution >= 0.6 is 0 Å². The fourth-order valence-electron chi connectivity index (χ4n) is 1.37. The van der Waals surface area contributed by atoms with Crippen molar-refractivity contribution in [1.82, 2.24) is 0 Å². The highest BCUT2D eigenvalue weighted by Gasteiger charge is 2.16. The Kier molecular flexibility index (Phi) is 3.68. The van der Waals surface area contributed by atoms with Crippen LogP contribution in [0.2, 0.25) is 0 Å². The molecule has 82 valence electrons. The molecule has 0 spiro atoms. The first-order valence-electron chi connectivity index (χ1n) is 4.59. The number of hydrogen-bond acceptors (Lipinski definition) is 3. The summed E-state index contributed by atoms with van der Waals surface area (Å²) in [5.74, 6) is -0.520. The molecule has 1 rings (SSSR count). The van der Waals surface area contributed by atoms with Crippen LogP contribution in [0.25, 0.3) is 0 Å². The normalized spacial score (nSPS) is 12.2. The maximum absolute atomic E-state index is 10.4. The molecule has 1 aromatic rings. The third-order valence-electron chi connectivity index (χ3n) is 2.12. The monoisotopic (exact) mass is 210 g/mol. The number of methoxy groups -OCH3 is 1. The Balaban J connectivity index is 2.97. The van der Waals surface area contributed by atoms with E-state index in [1.165, 1.54) is 7.11 Å². The molecule has 4 nitrogen and oxygen atoms in total. The topological polar surface area (TPSA) is 66.8 Å². The van der Waals surface area contributed by atoms with Crippen LogP contribution in [-0.2, 0) is 4.79 Å². The van der Waals surface area contributed by atoms with Gasteiger partial charge in [0.1, 0.15) is 5.75 Å². The Labute approximate surface area is 88.1 Å². The zero-order valence-corrected chi connectivity index (χ0v) is 8.73. The molecule has 4 heteroatoms. The van der Waals surface area contributed by atoms with E-state index in [1.54, 1.807) is 12.1 Å². The lowest BCUT2D eigenvalue weighted by molar-refractivity contribution is -0.139. The number of carbonyl (C=O) groups is 1. The molecule has 0 aromatic heterocycles. The smallest absolute Gasteiger partial charge is 0.306 e. The quantitative estimate of drug-likeness (QED) is 0.790. The fraction of sp³-hybridized carbons (Fsp3) is 0.364. The number of aryl methyl sites for hydroxylation is 1. The lowest BCUT2D eigenvalue weighted by Crippen LogP contribution is -2.07. The van der Waals surface area contributed by atoms with Crippen molar-refractivity contribution in [3.05, 3.63) is 29.3 Å². The zero-order chi connectivity index (χ0) is 11.4. The molecule has 0 aliphatic heterocycles. The third-order valence-corrected chi connectivity index (χ3v) is 2.12. The summed E-state index contributed by atoms with van der Waals surface area (Å²) >= 11 is 0. The van der Waals surface area contributed by atoms with Crippen molar-refractivity contribution < 1.29 is 19.7 Å². The Bertz CT molecular complexity index is 360. The lowest BCUT2D eigenvalue weighted by atomic mass is 10.0. The summed E-state index contributed by atoms with van der Waals surface area (Å²) in [6.07, 6.45) is -1.35. The van der Waals surface area contributed by atoms with Gasteiger partial charge in [0.2, 0.25) is 0 Å². The van der Waals surface area contributed by atoms with E-state index in [1.807, 2.05) is 13.0 Å². The Morgan fingerprint density at radius 2 is 2.20 bits per heavy atom. The van der Waals surface area contributed by atoms with Gasteiger partial charge in [-0.2, -0.15) is 0 Å². The van der Waals surface area contributed by atoms with Crippen molar-refractivity contribution in [1.29, 1.82) is 0 Å². The van der Waals surface area contributed by atoms with Gasteiger partial charge in [-0.15, -0.1) is 0 Å². The second-order valence-corrected chi connectivity index (χ2v) is 3.36. The number of ether oxygens (including phenoxy) is 1.